The fourth-order valence-electron chi connectivity index (χ4n) is 1.94. The summed E-state index contributed by atoms with van der Waals surface area (Å²) in [7, 11) is 2.06. The van der Waals surface area contributed by atoms with Gasteiger partial charge in [0, 0.05) is 29.0 Å². The molecule has 0 unspecified atom stereocenters. The molecule has 0 spiro atoms. The quantitative estimate of drug-likeness (QED) is 0.654. The van der Waals surface area contributed by atoms with Crippen molar-refractivity contribution in [2.75, 3.05) is 11.9 Å². The fourth-order valence-corrected chi connectivity index (χ4v) is 3.05. The summed E-state index contributed by atoms with van der Waals surface area (Å²) in [4.78, 5) is 2.17. The summed E-state index contributed by atoms with van der Waals surface area (Å²) in [5.74, 6) is 0.525. The van der Waals surface area contributed by atoms with Crippen LogP contribution >= 0.6 is 39.1 Å². The smallest absolute Gasteiger partial charge is 0.0511 e. The Morgan fingerprint density at radius 1 is 1.11 bits per heavy atom. The highest BCUT2D eigenvalue weighted by Gasteiger charge is 2.07. The third-order valence-corrected chi connectivity index (χ3v) is 4.07. The first-order valence-corrected chi connectivity index (χ1v) is 7.60. The molecular formula is C15H14BrCl2N. The van der Waals surface area contributed by atoms with Crippen LogP contribution in [0.15, 0.2) is 46.9 Å². The Morgan fingerprint density at radius 3 is 2.53 bits per heavy atom. The molecule has 100 valence electrons. The summed E-state index contributed by atoms with van der Waals surface area (Å²) < 4.78 is 1.05. The predicted octanol–water partition coefficient (Wildman–Crippen LogP) is 5.48. The van der Waals surface area contributed by atoms with Gasteiger partial charge in [0.1, 0.15) is 0 Å². The van der Waals surface area contributed by atoms with Crippen molar-refractivity contribution in [2.45, 2.75) is 12.4 Å². The summed E-state index contributed by atoms with van der Waals surface area (Å²) in [6.45, 7) is 0.805. The molecule has 2 aromatic rings. The molecule has 0 saturated heterocycles. The normalized spacial score (nSPS) is 10.5. The monoisotopic (exact) mass is 357 g/mol. The molecule has 1 nitrogen and oxygen atoms in total. The Kier molecular flexibility index (Phi) is 5.14. The Labute approximate surface area is 132 Å². The van der Waals surface area contributed by atoms with Crippen LogP contribution in [0.4, 0.5) is 5.69 Å². The molecule has 0 aliphatic carbocycles. The van der Waals surface area contributed by atoms with Crippen molar-refractivity contribution in [3.05, 3.63) is 63.1 Å². The van der Waals surface area contributed by atoms with Gasteiger partial charge in [0.25, 0.3) is 0 Å². The Bertz CT molecular complexity index is 572. The van der Waals surface area contributed by atoms with Crippen molar-refractivity contribution < 1.29 is 0 Å². The first-order chi connectivity index (χ1) is 9.10. The number of anilines is 1. The van der Waals surface area contributed by atoms with Crippen molar-refractivity contribution >= 4 is 44.8 Å². The molecule has 2 aromatic carbocycles. The van der Waals surface area contributed by atoms with E-state index in [0.717, 1.165) is 27.3 Å². The molecule has 0 aromatic heterocycles. The number of rotatable bonds is 4. The van der Waals surface area contributed by atoms with Crippen LogP contribution in [-0.4, -0.2) is 7.05 Å². The summed E-state index contributed by atoms with van der Waals surface area (Å²) in [5, 5.41) is 0.766. The Hall–Kier alpha value is -0.700. The first kappa shape index (κ1) is 14.7. The van der Waals surface area contributed by atoms with Gasteiger partial charge in [0.15, 0.2) is 0 Å². The van der Waals surface area contributed by atoms with Crippen LogP contribution in [0, 0.1) is 0 Å². The van der Waals surface area contributed by atoms with Gasteiger partial charge in [-0.2, -0.15) is 0 Å². The van der Waals surface area contributed by atoms with Crippen LogP contribution in [0.25, 0.3) is 0 Å². The Balaban J connectivity index is 2.18. The van der Waals surface area contributed by atoms with E-state index in [0.29, 0.717) is 5.88 Å². The van der Waals surface area contributed by atoms with Crippen molar-refractivity contribution in [1.82, 2.24) is 0 Å². The van der Waals surface area contributed by atoms with E-state index in [1.54, 1.807) is 0 Å². The summed E-state index contributed by atoms with van der Waals surface area (Å²) in [6, 6.07) is 14.1. The lowest BCUT2D eigenvalue weighted by molar-refractivity contribution is 0.919. The van der Waals surface area contributed by atoms with Crippen LogP contribution in [0.1, 0.15) is 11.1 Å². The molecule has 0 atom stereocenters. The second-order valence-corrected chi connectivity index (χ2v) is 5.96. The summed E-state index contributed by atoms with van der Waals surface area (Å²) in [5.41, 5.74) is 3.42. The van der Waals surface area contributed by atoms with E-state index in [1.165, 1.54) is 5.56 Å². The molecule has 0 amide bonds. The van der Waals surface area contributed by atoms with Crippen LogP contribution in [0.5, 0.6) is 0 Å². The molecule has 2 rings (SSSR count). The van der Waals surface area contributed by atoms with E-state index < -0.39 is 0 Å². The highest BCUT2D eigenvalue weighted by Crippen LogP contribution is 2.28. The number of hydrogen-bond acceptors (Lipinski definition) is 1. The van der Waals surface area contributed by atoms with Crippen molar-refractivity contribution in [3.63, 3.8) is 0 Å². The van der Waals surface area contributed by atoms with Crippen LogP contribution in [0.3, 0.4) is 0 Å². The summed E-state index contributed by atoms with van der Waals surface area (Å²) in [6.07, 6.45) is 0. The van der Waals surface area contributed by atoms with Crippen LogP contribution in [0.2, 0.25) is 5.02 Å². The highest BCUT2D eigenvalue weighted by atomic mass is 79.9. The third kappa shape index (κ3) is 3.88. The topological polar surface area (TPSA) is 3.24 Å². The molecular weight excluding hydrogens is 345 g/mol. The van der Waals surface area contributed by atoms with Gasteiger partial charge < -0.3 is 4.90 Å². The van der Waals surface area contributed by atoms with Crippen molar-refractivity contribution in [3.8, 4) is 0 Å². The van der Waals surface area contributed by atoms with E-state index in [4.69, 9.17) is 23.2 Å². The molecule has 0 N–H and O–H groups in total. The van der Waals surface area contributed by atoms with E-state index in [2.05, 4.69) is 46.1 Å². The summed E-state index contributed by atoms with van der Waals surface area (Å²) >= 11 is 15.4. The van der Waals surface area contributed by atoms with E-state index in [1.807, 2.05) is 24.3 Å². The van der Waals surface area contributed by atoms with Crippen molar-refractivity contribution in [1.29, 1.82) is 0 Å². The molecule has 0 radical (unpaired) electrons. The largest absolute Gasteiger partial charge is 0.369 e. The minimum Gasteiger partial charge on any atom is -0.369 e. The van der Waals surface area contributed by atoms with Gasteiger partial charge in [0.05, 0.1) is 5.69 Å². The fraction of sp³-hybridized carbons (Fsp3) is 0.200. The number of benzene rings is 2. The number of hydrogen-bond donors (Lipinski definition) is 0. The SMILES string of the molecule is CN(Cc1cccc(Cl)c1)c1ccc(CCl)cc1Br. The van der Waals surface area contributed by atoms with E-state index >= 15 is 0 Å². The number of nitrogens with zero attached hydrogens (tertiary/aromatic N) is 1. The molecule has 0 aliphatic rings. The van der Waals surface area contributed by atoms with Gasteiger partial charge in [-0.3, -0.25) is 0 Å². The zero-order valence-electron chi connectivity index (χ0n) is 10.5. The zero-order chi connectivity index (χ0) is 13.8. The van der Waals surface area contributed by atoms with Gasteiger partial charge in [-0.25, -0.2) is 0 Å². The Morgan fingerprint density at radius 2 is 1.89 bits per heavy atom. The maximum atomic E-state index is 6.00. The number of alkyl halides is 1. The maximum Gasteiger partial charge on any atom is 0.0511 e. The molecule has 19 heavy (non-hydrogen) atoms. The van der Waals surface area contributed by atoms with Gasteiger partial charge >= 0.3 is 0 Å². The highest BCUT2D eigenvalue weighted by molar-refractivity contribution is 9.10. The minimum absolute atomic E-state index is 0.525. The van der Waals surface area contributed by atoms with Crippen LogP contribution in [-0.2, 0) is 12.4 Å². The minimum atomic E-state index is 0.525. The maximum absolute atomic E-state index is 6.00. The standard InChI is InChI=1S/C15H14BrCl2N/c1-19(10-12-3-2-4-13(18)7-12)15-6-5-11(9-17)8-14(15)16/h2-8H,9-10H2,1H3. The third-order valence-electron chi connectivity index (χ3n) is 2.89. The zero-order valence-corrected chi connectivity index (χ0v) is 13.6. The average Bonchev–Trinajstić information content (AvgIpc) is 2.38. The van der Waals surface area contributed by atoms with Gasteiger partial charge in [-0.1, -0.05) is 29.8 Å². The van der Waals surface area contributed by atoms with Gasteiger partial charge in [0.2, 0.25) is 0 Å². The van der Waals surface area contributed by atoms with Gasteiger partial charge in [-0.15, -0.1) is 11.6 Å². The van der Waals surface area contributed by atoms with E-state index in [9.17, 15) is 0 Å². The van der Waals surface area contributed by atoms with Crippen LogP contribution < -0.4 is 4.90 Å². The number of halogens is 3. The first-order valence-electron chi connectivity index (χ1n) is 5.90. The molecule has 0 fully saturated rings. The lowest BCUT2D eigenvalue weighted by atomic mass is 10.2. The lowest BCUT2D eigenvalue weighted by Crippen LogP contribution is -2.16. The lowest BCUT2D eigenvalue weighted by Gasteiger charge is -2.21. The second-order valence-electron chi connectivity index (χ2n) is 4.41. The molecule has 0 aliphatic heterocycles. The molecule has 4 heteroatoms. The van der Waals surface area contributed by atoms with E-state index in [-0.39, 0.29) is 0 Å². The second kappa shape index (κ2) is 6.65. The van der Waals surface area contributed by atoms with Gasteiger partial charge in [-0.05, 0) is 51.3 Å². The van der Waals surface area contributed by atoms with Crippen molar-refractivity contribution in [2.24, 2.45) is 0 Å². The molecule has 0 heterocycles. The molecule has 0 bridgehead atoms. The average molecular weight is 359 g/mol. The predicted molar refractivity (Wildman–Crippen MR) is 87.3 cm³/mol. The molecule has 0 saturated carbocycles.